The normalized spacial score (nSPS) is 12.9. The number of nitrogens with two attached hydrogens (primary N) is 1. The van der Waals surface area contributed by atoms with Gasteiger partial charge in [-0.25, -0.2) is 0 Å². The summed E-state index contributed by atoms with van der Waals surface area (Å²) in [6.45, 7) is 4.74. The van der Waals surface area contributed by atoms with Gasteiger partial charge in [-0.05, 0) is 13.3 Å². The van der Waals surface area contributed by atoms with E-state index < -0.39 is 0 Å². The van der Waals surface area contributed by atoms with Crippen molar-refractivity contribution < 1.29 is 9.53 Å². The molecule has 0 amide bonds. The van der Waals surface area contributed by atoms with Gasteiger partial charge in [-0.1, -0.05) is 13.3 Å². The Bertz CT molecular complexity index is 126. The molecule has 3 heteroatoms. The first-order chi connectivity index (χ1) is 5.70. The van der Waals surface area contributed by atoms with Crippen molar-refractivity contribution in [3.8, 4) is 0 Å². The first-order valence-corrected chi connectivity index (χ1v) is 4.55. The zero-order valence-corrected chi connectivity index (χ0v) is 8.01. The van der Waals surface area contributed by atoms with E-state index in [1.54, 1.807) is 0 Å². The van der Waals surface area contributed by atoms with Crippen LogP contribution in [0.5, 0.6) is 0 Å². The highest BCUT2D eigenvalue weighted by Gasteiger charge is 2.07. The molecule has 0 heterocycles. The molecule has 0 spiro atoms. The summed E-state index contributed by atoms with van der Waals surface area (Å²) in [5, 5.41) is 0. The zero-order chi connectivity index (χ0) is 9.40. The Morgan fingerprint density at radius 2 is 2.17 bits per heavy atom. The van der Waals surface area contributed by atoms with E-state index in [9.17, 15) is 4.79 Å². The van der Waals surface area contributed by atoms with Gasteiger partial charge < -0.3 is 10.5 Å². The van der Waals surface area contributed by atoms with E-state index in [0.29, 0.717) is 13.0 Å². The quantitative estimate of drug-likeness (QED) is 0.627. The molecule has 0 radical (unpaired) electrons. The number of carbonyl (C=O) groups excluding carboxylic acids is 1. The molecule has 0 bridgehead atoms. The van der Waals surface area contributed by atoms with Crippen LogP contribution >= 0.6 is 0 Å². The van der Waals surface area contributed by atoms with E-state index in [4.69, 9.17) is 10.5 Å². The summed E-state index contributed by atoms with van der Waals surface area (Å²) in [6, 6.07) is 0.0166. The van der Waals surface area contributed by atoms with E-state index in [2.05, 4.69) is 6.92 Å². The molecule has 1 atom stereocenters. The SMILES string of the molecule is CCCC(N)CC(=O)COCC. The number of carbonyl (C=O) groups is 1. The van der Waals surface area contributed by atoms with Gasteiger partial charge in [0, 0.05) is 19.1 Å². The van der Waals surface area contributed by atoms with Crippen molar-refractivity contribution in [2.75, 3.05) is 13.2 Å². The Morgan fingerprint density at radius 3 is 2.67 bits per heavy atom. The van der Waals surface area contributed by atoms with Crippen LogP contribution in [0.15, 0.2) is 0 Å². The van der Waals surface area contributed by atoms with Gasteiger partial charge in [0.25, 0.3) is 0 Å². The predicted octanol–water partition coefficient (Wildman–Crippen LogP) is 1.11. The van der Waals surface area contributed by atoms with Crippen molar-refractivity contribution in [3.63, 3.8) is 0 Å². The smallest absolute Gasteiger partial charge is 0.160 e. The molecule has 0 aromatic heterocycles. The van der Waals surface area contributed by atoms with Crippen LogP contribution in [-0.2, 0) is 9.53 Å². The third kappa shape index (κ3) is 6.31. The van der Waals surface area contributed by atoms with Crippen LogP contribution in [0.3, 0.4) is 0 Å². The fourth-order valence-electron chi connectivity index (χ4n) is 1.04. The van der Waals surface area contributed by atoms with Gasteiger partial charge in [0.05, 0.1) is 0 Å². The lowest BCUT2D eigenvalue weighted by molar-refractivity contribution is -0.123. The summed E-state index contributed by atoms with van der Waals surface area (Å²) < 4.78 is 4.97. The maximum absolute atomic E-state index is 11.1. The van der Waals surface area contributed by atoms with Crippen LogP contribution < -0.4 is 5.73 Å². The van der Waals surface area contributed by atoms with Crippen LogP contribution in [0.25, 0.3) is 0 Å². The standard InChI is InChI=1S/C9H19NO2/c1-3-5-8(10)6-9(11)7-12-4-2/h8H,3-7,10H2,1-2H3. The fraction of sp³-hybridized carbons (Fsp3) is 0.889. The summed E-state index contributed by atoms with van der Waals surface area (Å²) in [5.74, 6) is 0.109. The molecule has 3 nitrogen and oxygen atoms in total. The lowest BCUT2D eigenvalue weighted by Gasteiger charge is -2.08. The highest BCUT2D eigenvalue weighted by atomic mass is 16.5. The monoisotopic (exact) mass is 173 g/mol. The molecular weight excluding hydrogens is 154 g/mol. The van der Waals surface area contributed by atoms with Crippen molar-refractivity contribution in [3.05, 3.63) is 0 Å². The first-order valence-electron chi connectivity index (χ1n) is 4.55. The van der Waals surface area contributed by atoms with Gasteiger partial charge in [-0.2, -0.15) is 0 Å². The Balaban J connectivity index is 3.40. The molecule has 0 aromatic rings. The van der Waals surface area contributed by atoms with Gasteiger partial charge in [0.2, 0.25) is 0 Å². The molecule has 0 aliphatic rings. The zero-order valence-electron chi connectivity index (χ0n) is 8.01. The highest BCUT2D eigenvalue weighted by Crippen LogP contribution is 1.99. The third-order valence-electron chi connectivity index (χ3n) is 1.62. The maximum Gasteiger partial charge on any atom is 0.160 e. The van der Waals surface area contributed by atoms with Crippen molar-refractivity contribution in [2.45, 2.75) is 39.2 Å². The maximum atomic E-state index is 11.1. The van der Waals surface area contributed by atoms with Crippen LogP contribution in [0.4, 0.5) is 0 Å². The van der Waals surface area contributed by atoms with Crippen molar-refractivity contribution in [1.29, 1.82) is 0 Å². The molecule has 2 N–H and O–H groups in total. The first kappa shape index (κ1) is 11.6. The molecule has 0 aliphatic carbocycles. The Morgan fingerprint density at radius 1 is 1.50 bits per heavy atom. The number of rotatable bonds is 7. The molecule has 0 aliphatic heterocycles. The van der Waals surface area contributed by atoms with E-state index in [-0.39, 0.29) is 18.4 Å². The third-order valence-corrected chi connectivity index (χ3v) is 1.62. The topological polar surface area (TPSA) is 52.3 Å². The second-order valence-electron chi connectivity index (χ2n) is 2.93. The fourth-order valence-corrected chi connectivity index (χ4v) is 1.04. The van der Waals surface area contributed by atoms with Crippen LogP contribution in [-0.4, -0.2) is 25.0 Å². The minimum Gasteiger partial charge on any atom is -0.374 e. The lowest BCUT2D eigenvalue weighted by Crippen LogP contribution is -2.25. The lowest BCUT2D eigenvalue weighted by atomic mass is 10.1. The number of hydrogen-bond acceptors (Lipinski definition) is 3. The summed E-state index contributed by atoms with van der Waals surface area (Å²) in [7, 11) is 0. The minimum atomic E-state index is 0.0166. The van der Waals surface area contributed by atoms with Gasteiger partial charge in [0.15, 0.2) is 5.78 Å². The molecule has 0 aromatic carbocycles. The molecule has 12 heavy (non-hydrogen) atoms. The van der Waals surface area contributed by atoms with Gasteiger partial charge in [-0.15, -0.1) is 0 Å². The summed E-state index contributed by atoms with van der Waals surface area (Å²) in [5.41, 5.74) is 5.68. The minimum absolute atomic E-state index is 0.0166. The summed E-state index contributed by atoms with van der Waals surface area (Å²) in [6.07, 6.45) is 2.40. The van der Waals surface area contributed by atoms with Crippen molar-refractivity contribution in [1.82, 2.24) is 0 Å². The molecular formula is C9H19NO2. The predicted molar refractivity (Wildman–Crippen MR) is 49.0 cm³/mol. The van der Waals surface area contributed by atoms with Crippen molar-refractivity contribution >= 4 is 5.78 Å². The summed E-state index contributed by atoms with van der Waals surface area (Å²) in [4.78, 5) is 11.1. The van der Waals surface area contributed by atoms with Gasteiger partial charge >= 0.3 is 0 Å². The second kappa shape index (κ2) is 7.25. The Hall–Kier alpha value is -0.410. The largest absolute Gasteiger partial charge is 0.374 e. The van der Waals surface area contributed by atoms with Crippen molar-refractivity contribution in [2.24, 2.45) is 5.73 Å². The number of ketones is 1. The van der Waals surface area contributed by atoms with E-state index >= 15 is 0 Å². The van der Waals surface area contributed by atoms with Crippen LogP contribution in [0.2, 0.25) is 0 Å². The molecule has 0 saturated heterocycles. The second-order valence-corrected chi connectivity index (χ2v) is 2.93. The highest BCUT2D eigenvalue weighted by molar-refractivity contribution is 5.80. The van der Waals surface area contributed by atoms with E-state index in [1.807, 2.05) is 6.92 Å². The Labute approximate surface area is 74.3 Å². The van der Waals surface area contributed by atoms with Crippen LogP contribution in [0.1, 0.15) is 33.1 Å². The number of ether oxygens (including phenoxy) is 1. The van der Waals surface area contributed by atoms with E-state index in [1.165, 1.54) is 0 Å². The molecule has 0 saturated carbocycles. The average Bonchev–Trinajstić information content (AvgIpc) is 2.01. The molecule has 1 unspecified atom stereocenters. The van der Waals surface area contributed by atoms with Gasteiger partial charge in [-0.3, -0.25) is 4.79 Å². The molecule has 0 rings (SSSR count). The van der Waals surface area contributed by atoms with E-state index in [0.717, 1.165) is 12.8 Å². The number of hydrogen-bond donors (Lipinski definition) is 1. The molecule has 0 fully saturated rings. The molecule has 72 valence electrons. The number of Topliss-reactive ketones (excluding diaryl/α,β-unsaturated/α-hetero) is 1. The van der Waals surface area contributed by atoms with Gasteiger partial charge in [0.1, 0.15) is 6.61 Å². The van der Waals surface area contributed by atoms with Crippen LogP contribution in [0, 0.1) is 0 Å². The Kier molecular flexibility index (Phi) is 7.00. The average molecular weight is 173 g/mol. The summed E-state index contributed by atoms with van der Waals surface area (Å²) >= 11 is 0.